The molecule has 0 spiro atoms. The van der Waals surface area contributed by atoms with E-state index in [0.717, 1.165) is 11.9 Å². The lowest BCUT2D eigenvalue weighted by Crippen LogP contribution is -1.96. The number of halogens is 1. The SMILES string of the molecule is CC(=CCc1c(O)c(Cl)c(C)c(C=O)c1O)C/C=C/C(C)C=O. The van der Waals surface area contributed by atoms with Crippen LogP contribution >= 0.6 is 11.6 Å². The Balaban J connectivity index is 2.99. The number of benzene rings is 1. The smallest absolute Gasteiger partial charge is 0.154 e. The molecule has 5 heteroatoms. The predicted molar refractivity (Wildman–Crippen MR) is 91.4 cm³/mol. The molecule has 124 valence electrons. The maximum Gasteiger partial charge on any atom is 0.154 e. The minimum absolute atomic E-state index is 0.0747. The van der Waals surface area contributed by atoms with Gasteiger partial charge in [0.1, 0.15) is 17.8 Å². The van der Waals surface area contributed by atoms with Gasteiger partial charge in [-0.1, -0.05) is 42.3 Å². The van der Waals surface area contributed by atoms with E-state index in [9.17, 15) is 19.8 Å². The molecule has 1 atom stereocenters. The van der Waals surface area contributed by atoms with E-state index in [1.54, 1.807) is 13.8 Å². The van der Waals surface area contributed by atoms with Gasteiger partial charge in [0.15, 0.2) is 6.29 Å². The Morgan fingerprint density at radius 1 is 1.26 bits per heavy atom. The molecule has 0 aliphatic rings. The highest BCUT2D eigenvalue weighted by molar-refractivity contribution is 6.33. The second kappa shape index (κ2) is 8.53. The minimum atomic E-state index is -0.242. The van der Waals surface area contributed by atoms with Crippen LogP contribution in [0.4, 0.5) is 0 Å². The molecule has 2 N–H and O–H groups in total. The standard InChI is InChI=1S/C18H21ClO4/c1-11(5-4-6-12(2)9-20)7-8-14-17(22)15(10-21)13(3)16(19)18(14)23/h4,6-7,9-10,12,22-23H,5,8H2,1-3H3/b6-4+,11-7?. The van der Waals surface area contributed by atoms with Gasteiger partial charge in [-0.15, -0.1) is 0 Å². The second-order valence-electron chi connectivity index (χ2n) is 5.53. The third kappa shape index (κ3) is 4.70. The van der Waals surface area contributed by atoms with Crippen LogP contribution in [0.15, 0.2) is 23.8 Å². The summed E-state index contributed by atoms with van der Waals surface area (Å²) in [7, 11) is 0. The molecule has 0 aliphatic heterocycles. The first-order chi connectivity index (χ1) is 10.8. The van der Waals surface area contributed by atoms with Gasteiger partial charge in [-0.25, -0.2) is 0 Å². The quantitative estimate of drug-likeness (QED) is 0.579. The van der Waals surface area contributed by atoms with Gasteiger partial charge >= 0.3 is 0 Å². The number of phenols is 2. The molecular weight excluding hydrogens is 316 g/mol. The number of aldehydes is 2. The van der Waals surface area contributed by atoms with Crippen LogP contribution < -0.4 is 0 Å². The molecule has 1 aromatic carbocycles. The molecule has 4 nitrogen and oxygen atoms in total. The van der Waals surface area contributed by atoms with E-state index in [1.807, 2.05) is 25.2 Å². The summed E-state index contributed by atoms with van der Waals surface area (Å²) in [4.78, 5) is 21.6. The molecule has 0 saturated carbocycles. The van der Waals surface area contributed by atoms with Crippen LogP contribution in [0, 0.1) is 12.8 Å². The number of carbonyl (C=O) groups is 2. The first-order valence-electron chi connectivity index (χ1n) is 7.29. The third-order valence-electron chi connectivity index (χ3n) is 3.63. The van der Waals surface area contributed by atoms with Crippen molar-refractivity contribution in [1.29, 1.82) is 0 Å². The van der Waals surface area contributed by atoms with Crippen LogP contribution in [0.2, 0.25) is 5.02 Å². The molecular formula is C18H21ClO4. The molecule has 0 radical (unpaired) electrons. The van der Waals surface area contributed by atoms with Crippen LogP contribution in [0.5, 0.6) is 11.5 Å². The first-order valence-corrected chi connectivity index (χ1v) is 7.66. The molecule has 0 heterocycles. The molecule has 23 heavy (non-hydrogen) atoms. The van der Waals surface area contributed by atoms with Crippen molar-refractivity contribution >= 4 is 24.2 Å². The number of aromatic hydroxyl groups is 2. The summed E-state index contributed by atoms with van der Waals surface area (Å²) >= 11 is 6.00. The molecule has 1 rings (SSSR count). The topological polar surface area (TPSA) is 74.6 Å². The fourth-order valence-electron chi connectivity index (χ4n) is 2.09. The van der Waals surface area contributed by atoms with Gasteiger partial charge < -0.3 is 15.0 Å². The van der Waals surface area contributed by atoms with Gasteiger partial charge in [0.2, 0.25) is 0 Å². The third-order valence-corrected chi connectivity index (χ3v) is 4.10. The Hall–Kier alpha value is -2.07. The number of hydrogen-bond donors (Lipinski definition) is 2. The zero-order valence-electron chi connectivity index (χ0n) is 13.5. The summed E-state index contributed by atoms with van der Waals surface area (Å²) in [5, 5.41) is 20.3. The molecule has 0 amide bonds. The van der Waals surface area contributed by atoms with Crippen molar-refractivity contribution in [2.24, 2.45) is 5.92 Å². The summed E-state index contributed by atoms with van der Waals surface area (Å²) in [5.74, 6) is -0.572. The molecule has 0 bridgehead atoms. The van der Waals surface area contributed by atoms with Crippen LogP contribution in [0.3, 0.4) is 0 Å². The molecule has 0 fully saturated rings. The highest BCUT2D eigenvalue weighted by Gasteiger charge is 2.19. The molecule has 0 aromatic heterocycles. The lowest BCUT2D eigenvalue weighted by Gasteiger charge is -2.13. The van der Waals surface area contributed by atoms with Crippen molar-refractivity contribution in [3.63, 3.8) is 0 Å². The number of phenolic OH excluding ortho intramolecular Hbond substituents is 2. The fraction of sp³-hybridized carbons (Fsp3) is 0.333. The van der Waals surface area contributed by atoms with Crippen LogP contribution in [0.25, 0.3) is 0 Å². The van der Waals surface area contributed by atoms with Crippen LogP contribution in [-0.4, -0.2) is 22.8 Å². The second-order valence-corrected chi connectivity index (χ2v) is 5.91. The Morgan fingerprint density at radius 3 is 2.48 bits per heavy atom. The van der Waals surface area contributed by atoms with E-state index in [0.29, 0.717) is 18.3 Å². The van der Waals surface area contributed by atoms with Crippen molar-refractivity contribution in [2.45, 2.75) is 33.6 Å². The van der Waals surface area contributed by atoms with Crippen molar-refractivity contribution < 1.29 is 19.8 Å². The van der Waals surface area contributed by atoms with Crippen molar-refractivity contribution in [2.75, 3.05) is 0 Å². The predicted octanol–water partition coefficient (Wildman–Crippen LogP) is 4.14. The van der Waals surface area contributed by atoms with E-state index in [-0.39, 0.29) is 40.0 Å². The lowest BCUT2D eigenvalue weighted by molar-refractivity contribution is -0.109. The summed E-state index contributed by atoms with van der Waals surface area (Å²) in [5.41, 5.74) is 1.68. The number of carbonyl (C=O) groups excluding carboxylic acids is 2. The van der Waals surface area contributed by atoms with Crippen molar-refractivity contribution in [3.8, 4) is 11.5 Å². The first kappa shape index (κ1) is 19.0. The summed E-state index contributed by atoms with van der Waals surface area (Å²) in [6.45, 7) is 5.27. The monoisotopic (exact) mass is 336 g/mol. The van der Waals surface area contributed by atoms with Gasteiger partial charge in [0.05, 0.1) is 10.6 Å². The maximum absolute atomic E-state index is 11.1. The van der Waals surface area contributed by atoms with Crippen molar-refractivity contribution in [3.05, 3.63) is 45.5 Å². The van der Waals surface area contributed by atoms with Gasteiger partial charge in [-0.3, -0.25) is 4.79 Å². The molecule has 1 unspecified atom stereocenters. The van der Waals surface area contributed by atoms with Gasteiger partial charge in [-0.2, -0.15) is 0 Å². The Morgan fingerprint density at radius 2 is 1.91 bits per heavy atom. The Bertz CT molecular complexity index is 660. The number of allylic oxidation sites excluding steroid dienone is 4. The normalized spacial score (nSPS) is 13.3. The average molecular weight is 337 g/mol. The highest BCUT2D eigenvalue weighted by atomic mass is 35.5. The van der Waals surface area contributed by atoms with E-state index < -0.39 is 0 Å². The van der Waals surface area contributed by atoms with E-state index in [1.165, 1.54) is 0 Å². The van der Waals surface area contributed by atoms with E-state index >= 15 is 0 Å². The average Bonchev–Trinajstić information content (AvgIpc) is 2.53. The largest absolute Gasteiger partial charge is 0.507 e. The molecule has 0 aliphatic carbocycles. The number of rotatable bonds is 7. The fourth-order valence-corrected chi connectivity index (χ4v) is 2.31. The van der Waals surface area contributed by atoms with Gasteiger partial charge in [-0.05, 0) is 32.3 Å². The number of hydrogen-bond acceptors (Lipinski definition) is 4. The summed E-state index contributed by atoms with van der Waals surface area (Å²) < 4.78 is 0. The molecule has 1 aromatic rings. The minimum Gasteiger partial charge on any atom is -0.507 e. The van der Waals surface area contributed by atoms with E-state index in [4.69, 9.17) is 11.6 Å². The van der Waals surface area contributed by atoms with Gasteiger partial charge in [0.25, 0.3) is 0 Å². The lowest BCUT2D eigenvalue weighted by atomic mass is 9.99. The zero-order valence-corrected chi connectivity index (χ0v) is 14.2. The van der Waals surface area contributed by atoms with Gasteiger partial charge in [0, 0.05) is 11.5 Å². The Labute approximate surface area is 141 Å². The van der Waals surface area contributed by atoms with Crippen LogP contribution in [-0.2, 0) is 11.2 Å². The maximum atomic E-state index is 11.1. The van der Waals surface area contributed by atoms with E-state index in [2.05, 4.69) is 0 Å². The van der Waals surface area contributed by atoms with Crippen molar-refractivity contribution in [1.82, 2.24) is 0 Å². The molecule has 0 saturated heterocycles. The zero-order chi connectivity index (χ0) is 17.6. The van der Waals surface area contributed by atoms with Crippen LogP contribution in [0.1, 0.15) is 41.8 Å². The highest BCUT2D eigenvalue weighted by Crippen LogP contribution is 2.40. The summed E-state index contributed by atoms with van der Waals surface area (Å²) in [6.07, 6.45) is 7.84. The Kier molecular flexibility index (Phi) is 7.04. The summed E-state index contributed by atoms with van der Waals surface area (Å²) in [6, 6.07) is 0.